The Balaban J connectivity index is 2.70. The molecule has 1 amide bonds. The molecule has 0 atom stereocenters. The van der Waals surface area contributed by atoms with E-state index in [2.05, 4.69) is 37.5 Å². The van der Waals surface area contributed by atoms with Crippen LogP contribution in [0.15, 0.2) is 24.3 Å². The van der Waals surface area contributed by atoms with E-state index in [-0.39, 0.29) is 5.91 Å². The zero-order valence-corrected chi connectivity index (χ0v) is 17.2. The van der Waals surface area contributed by atoms with Crippen molar-refractivity contribution in [2.45, 2.75) is 40.5 Å². The average molecular weight is 363 g/mol. The van der Waals surface area contributed by atoms with E-state index in [0.717, 1.165) is 65.2 Å². The molecule has 0 unspecified atom stereocenters. The lowest BCUT2D eigenvalue weighted by molar-refractivity contribution is 0.0742. The summed E-state index contributed by atoms with van der Waals surface area (Å²) in [6.45, 7) is 16.6. The average Bonchev–Trinajstić information content (AvgIpc) is 2.67. The third-order valence-electron chi connectivity index (χ3n) is 5.07. The first-order valence-corrected chi connectivity index (χ1v) is 10.2. The summed E-state index contributed by atoms with van der Waals surface area (Å²) in [6, 6.07) is 7.39. The van der Waals surface area contributed by atoms with Crippen LogP contribution in [0.25, 0.3) is 0 Å². The second-order valence-electron chi connectivity index (χ2n) is 6.64. The number of para-hydroxylation sites is 1. The maximum Gasteiger partial charge on any atom is 0.255 e. The maximum atomic E-state index is 13.0. The molecule has 0 aliphatic carbocycles. The highest BCUT2D eigenvalue weighted by atomic mass is 16.2. The highest BCUT2D eigenvalue weighted by molar-refractivity contribution is 5.99. The number of rotatable bonds is 13. The molecule has 26 heavy (non-hydrogen) atoms. The lowest BCUT2D eigenvalue weighted by Gasteiger charge is -2.27. The number of nitrogens with two attached hydrogens (primary N) is 1. The Kier molecular flexibility index (Phi) is 11.0. The van der Waals surface area contributed by atoms with Gasteiger partial charge in [-0.25, -0.2) is 0 Å². The Bertz CT molecular complexity index is 494. The second kappa shape index (κ2) is 12.7. The molecule has 0 fully saturated rings. The Morgan fingerprint density at radius 3 is 1.69 bits per heavy atom. The summed E-state index contributed by atoms with van der Waals surface area (Å²) in [7, 11) is 0. The normalized spacial score (nSPS) is 11.3. The van der Waals surface area contributed by atoms with Gasteiger partial charge in [0.15, 0.2) is 0 Å². The Labute approximate surface area is 160 Å². The van der Waals surface area contributed by atoms with Crippen LogP contribution in [-0.2, 0) is 0 Å². The quantitative estimate of drug-likeness (QED) is 0.548. The summed E-state index contributed by atoms with van der Waals surface area (Å²) in [4.78, 5) is 19.8. The lowest BCUT2D eigenvalue weighted by Crippen LogP contribution is -2.37. The monoisotopic (exact) mass is 362 g/mol. The molecule has 1 aromatic rings. The van der Waals surface area contributed by atoms with E-state index in [1.807, 2.05) is 23.1 Å². The number of nitrogen functional groups attached to an aromatic ring is 1. The van der Waals surface area contributed by atoms with Crippen LogP contribution in [0.5, 0.6) is 0 Å². The van der Waals surface area contributed by atoms with E-state index in [1.165, 1.54) is 0 Å². The minimum Gasteiger partial charge on any atom is -0.398 e. The van der Waals surface area contributed by atoms with Crippen molar-refractivity contribution >= 4 is 11.6 Å². The van der Waals surface area contributed by atoms with Gasteiger partial charge in [0.2, 0.25) is 0 Å². The van der Waals surface area contributed by atoms with Crippen LogP contribution in [0, 0.1) is 0 Å². The molecule has 2 N–H and O–H groups in total. The summed E-state index contributed by atoms with van der Waals surface area (Å²) in [5.41, 5.74) is 7.22. The number of hydrogen-bond donors (Lipinski definition) is 1. The van der Waals surface area contributed by atoms with E-state index >= 15 is 0 Å². The molecule has 0 aromatic heterocycles. The number of benzene rings is 1. The van der Waals surface area contributed by atoms with Gasteiger partial charge in [0.1, 0.15) is 0 Å². The Morgan fingerprint density at radius 1 is 0.808 bits per heavy atom. The summed E-state index contributed by atoms with van der Waals surface area (Å²) in [5.74, 6) is 0.0576. The van der Waals surface area contributed by atoms with Gasteiger partial charge in [-0.1, -0.05) is 39.8 Å². The fourth-order valence-corrected chi connectivity index (χ4v) is 3.23. The number of carbonyl (C=O) groups is 1. The molecule has 5 nitrogen and oxygen atoms in total. The zero-order valence-electron chi connectivity index (χ0n) is 17.2. The van der Waals surface area contributed by atoms with Gasteiger partial charge in [0.25, 0.3) is 5.91 Å². The minimum atomic E-state index is 0.0576. The van der Waals surface area contributed by atoms with Gasteiger partial charge in [-0.3, -0.25) is 4.79 Å². The van der Waals surface area contributed by atoms with Crippen LogP contribution in [-0.4, -0.2) is 73.0 Å². The molecule has 1 rings (SSSR count). The number of hydrogen-bond acceptors (Lipinski definition) is 4. The van der Waals surface area contributed by atoms with E-state index in [4.69, 9.17) is 5.73 Å². The fraction of sp³-hybridized carbons (Fsp3) is 0.667. The SMILES string of the molecule is CCN(CC)CCCN(CCCN(CC)CC)C(=O)c1ccccc1N. The standard InChI is InChI=1S/C21H38N4O/c1-5-23(6-2)15-11-17-25(18-12-16-24(7-3)8-4)21(26)19-13-9-10-14-20(19)22/h9-10,13-14H,5-8,11-12,15-18,22H2,1-4H3. The molecule has 148 valence electrons. The van der Waals surface area contributed by atoms with Gasteiger partial charge >= 0.3 is 0 Å². The fourth-order valence-electron chi connectivity index (χ4n) is 3.23. The summed E-state index contributed by atoms with van der Waals surface area (Å²) in [5, 5.41) is 0. The molecule has 0 aliphatic rings. The summed E-state index contributed by atoms with van der Waals surface area (Å²) >= 11 is 0. The van der Waals surface area contributed by atoms with Crippen LogP contribution < -0.4 is 5.73 Å². The molecule has 5 heteroatoms. The van der Waals surface area contributed by atoms with Crippen molar-refractivity contribution < 1.29 is 4.79 Å². The Morgan fingerprint density at radius 2 is 1.27 bits per heavy atom. The largest absolute Gasteiger partial charge is 0.398 e. The van der Waals surface area contributed by atoms with Crippen LogP contribution in [0.2, 0.25) is 0 Å². The molecule has 0 spiro atoms. The number of carbonyl (C=O) groups excluding carboxylic acids is 1. The Hall–Kier alpha value is -1.59. The van der Waals surface area contributed by atoms with Crippen molar-refractivity contribution in [2.75, 3.05) is 58.1 Å². The molecule has 0 saturated carbocycles. The van der Waals surface area contributed by atoms with Crippen LogP contribution in [0.4, 0.5) is 5.69 Å². The topological polar surface area (TPSA) is 52.8 Å². The summed E-state index contributed by atoms with van der Waals surface area (Å²) in [6.07, 6.45) is 1.98. The van der Waals surface area contributed by atoms with E-state index in [0.29, 0.717) is 11.3 Å². The number of anilines is 1. The highest BCUT2D eigenvalue weighted by Crippen LogP contribution is 2.14. The molecule has 0 radical (unpaired) electrons. The van der Waals surface area contributed by atoms with Gasteiger partial charge in [-0.05, 0) is 64.2 Å². The van der Waals surface area contributed by atoms with E-state index in [9.17, 15) is 4.79 Å². The molecule has 0 aliphatic heterocycles. The van der Waals surface area contributed by atoms with Crippen molar-refractivity contribution in [1.82, 2.24) is 14.7 Å². The molecular weight excluding hydrogens is 324 g/mol. The van der Waals surface area contributed by atoms with Crippen LogP contribution in [0.3, 0.4) is 0 Å². The van der Waals surface area contributed by atoms with Gasteiger partial charge in [-0.15, -0.1) is 0 Å². The third kappa shape index (κ3) is 7.34. The molecule has 0 saturated heterocycles. The van der Waals surface area contributed by atoms with Crippen LogP contribution >= 0.6 is 0 Å². The minimum absolute atomic E-state index is 0.0576. The van der Waals surface area contributed by atoms with Gasteiger partial charge in [-0.2, -0.15) is 0 Å². The number of nitrogens with zero attached hydrogens (tertiary/aromatic N) is 3. The third-order valence-corrected chi connectivity index (χ3v) is 5.07. The van der Waals surface area contributed by atoms with Crippen LogP contribution in [0.1, 0.15) is 50.9 Å². The van der Waals surface area contributed by atoms with Crippen molar-refractivity contribution in [3.8, 4) is 0 Å². The van der Waals surface area contributed by atoms with E-state index in [1.54, 1.807) is 6.07 Å². The van der Waals surface area contributed by atoms with Crippen molar-refractivity contribution in [3.63, 3.8) is 0 Å². The molecule has 0 heterocycles. The van der Waals surface area contributed by atoms with E-state index < -0.39 is 0 Å². The smallest absolute Gasteiger partial charge is 0.255 e. The zero-order chi connectivity index (χ0) is 19.4. The maximum absolute atomic E-state index is 13.0. The molecular formula is C21H38N4O. The molecule has 1 aromatic carbocycles. The first-order valence-electron chi connectivity index (χ1n) is 10.2. The van der Waals surface area contributed by atoms with Crippen molar-refractivity contribution in [3.05, 3.63) is 29.8 Å². The number of amides is 1. The predicted molar refractivity (Wildman–Crippen MR) is 112 cm³/mol. The van der Waals surface area contributed by atoms with Gasteiger partial charge < -0.3 is 20.4 Å². The first kappa shape index (κ1) is 22.5. The van der Waals surface area contributed by atoms with Gasteiger partial charge in [0, 0.05) is 18.8 Å². The highest BCUT2D eigenvalue weighted by Gasteiger charge is 2.18. The van der Waals surface area contributed by atoms with Crippen molar-refractivity contribution in [1.29, 1.82) is 0 Å². The van der Waals surface area contributed by atoms with Crippen molar-refractivity contribution in [2.24, 2.45) is 0 Å². The summed E-state index contributed by atoms with van der Waals surface area (Å²) < 4.78 is 0. The van der Waals surface area contributed by atoms with Gasteiger partial charge in [0.05, 0.1) is 5.56 Å². The predicted octanol–water partition coefficient (Wildman–Crippen LogP) is 3.17. The second-order valence-corrected chi connectivity index (χ2v) is 6.64. The lowest BCUT2D eigenvalue weighted by atomic mass is 10.1. The molecule has 0 bridgehead atoms. The first-order chi connectivity index (χ1) is 12.6.